The van der Waals surface area contributed by atoms with Gasteiger partial charge in [0.05, 0.1) is 11.5 Å². The highest BCUT2D eigenvalue weighted by atomic mass is 32.2. The molecule has 6 heteroatoms. The minimum absolute atomic E-state index is 0.0365. The molecule has 0 radical (unpaired) electrons. The summed E-state index contributed by atoms with van der Waals surface area (Å²) in [5.41, 5.74) is 1.95. The van der Waals surface area contributed by atoms with Crippen LogP contribution in [0.25, 0.3) is 0 Å². The molecule has 0 spiro atoms. The van der Waals surface area contributed by atoms with Crippen molar-refractivity contribution < 1.29 is 9.59 Å². The molecule has 2 fully saturated rings. The zero-order valence-corrected chi connectivity index (χ0v) is 14.8. The zero-order valence-electron chi connectivity index (χ0n) is 14.0. The molecular formula is C18H25N3O2S. The van der Waals surface area contributed by atoms with Crippen molar-refractivity contribution in [3.63, 3.8) is 0 Å². The highest BCUT2D eigenvalue weighted by Gasteiger charge is 2.33. The van der Waals surface area contributed by atoms with Crippen LogP contribution in [0.4, 0.5) is 5.69 Å². The predicted octanol–water partition coefficient (Wildman–Crippen LogP) is 2.07. The summed E-state index contributed by atoms with van der Waals surface area (Å²) in [7, 11) is 0. The van der Waals surface area contributed by atoms with Crippen LogP contribution < -0.4 is 16.0 Å². The molecule has 1 aromatic carbocycles. The van der Waals surface area contributed by atoms with Crippen molar-refractivity contribution in [3.05, 3.63) is 29.8 Å². The topological polar surface area (TPSA) is 70.2 Å². The zero-order chi connectivity index (χ0) is 16.9. The number of fused-ring (bicyclic) bond motifs is 2. The van der Waals surface area contributed by atoms with Gasteiger partial charge in [0.1, 0.15) is 0 Å². The van der Waals surface area contributed by atoms with Crippen LogP contribution in [-0.4, -0.2) is 41.4 Å². The Morgan fingerprint density at radius 2 is 1.71 bits per heavy atom. The summed E-state index contributed by atoms with van der Waals surface area (Å²) in [6.45, 7) is 2.01. The number of hydrogen-bond acceptors (Lipinski definition) is 4. The average molecular weight is 347 g/mol. The van der Waals surface area contributed by atoms with Gasteiger partial charge in [0, 0.05) is 23.8 Å². The van der Waals surface area contributed by atoms with Gasteiger partial charge in [-0.2, -0.15) is 0 Å². The van der Waals surface area contributed by atoms with Crippen LogP contribution in [0.3, 0.4) is 0 Å². The van der Waals surface area contributed by atoms with E-state index >= 15 is 0 Å². The fraction of sp³-hybridized carbons (Fsp3) is 0.556. The van der Waals surface area contributed by atoms with Crippen molar-refractivity contribution in [1.82, 2.24) is 10.6 Å². The Morgan fingerprint density at radius 3 is 2.38 bits per heavy atom. The Hall–Kier alpha value is -1.53. The molecule has 3 rings (SSSR count). The number of aryl methyl sites for hydroxylation is 1. The van der Waals surface area contributed by atoms with Crippen molar-refractivity contribution in [2.24, 2.45) is 0 Å². The van der Waals surface area contributed by atoms with E-state index in [1.54, 1.807) is 0 Å². The number of carbonyl (C=O) groups excluding carboxylic acids is 2. The third kappa shape index (κ3) is 4.98. The first kappa shape index (κ1) is 17.3. The van der Waals surface area contributed by atoms with Crippen LogP contribution in [0.1, 0.15) is 31.2 Å². The lowest BCUT2D eigenvalue weighted by Crippen LogP contribution is -2.48. The van der Waals surface area contributed by atoms with Gasteiger partial charge in [0.25, 0.3) is 0 Å². The normalized spacial score (nSPS) is 25.3. The summed E-state index contributed by atoms with van der Waals surface area (Å²) in [4.78, 5) is 23.9. The third-order valence-electron chi connectivity index (χ3n) is 4.64. The molecule has 0 aromatic heterocycles. The Labute approximate surface area is 147 Å². The lowest BCUT2D eigenvalue weighted by molar-refractivity contribution is -0.119. The van der Waals surface area contributed by atoms with Gasteiger partial charge in [-0.3, -0.25) is 9.59 Å². The van der Waals surface area contributed by atoms with E-state index in [9.17, 15) is 9.59 Å². The molecule has 5 nitrogen and oxygen atoms in total. The maximum Gasteiger partial charge on any atom is 0.234 e. The van der Waals surface area contributed by atoms with Crippen molar-refractivity contribution in [2.45, 2.75) is 50.7 Å². The standard InChI is InChI=1S/C18H25N3O2S/c1-12-2-4-13(5-3-12)20-17(22)10-24-11-18(23)21-16-8-14-6-7-15(9-16)19-14/h2-5,14-16,19H,6-11H2,1H3,(H,20,22)(H,21,23). The molecule has 2 saturated heterocycles. The van der Waals surface area contributed by atoms with Gasteiger partial charge in [-0.05, 0) is 44.7 Å². The predicted molar refractivity (Wildman–Crippen MR) is 98.2 cm³/mol. The Kier molecular flexibility index (Phi) is 5.79. The van der Waals surface area contributed by atoms with Crippen molar-refractivity contribution in [3.8, 4) is 0 Å². The first-order valence-electron chi connectivity index (χ1n) is 8.58. The summed E-state index contributed by atoms with van der Waals surface area (Å²) < 4.78 is 0. The first-order chi connectivity index (χ1) is 11.6. The number of benzene rings is 1. The molecular weight excluding hydrogens is 322 g/mol. The number of rotatable bonds is 6. The highest BCUT2D eigenvalue weighted by Crippen LogP contribution is 2.26. The third-order valence-corrected chi connectivity index (χ3v) is 5.57. The van der Waals surface area contributed by atoms with Crippen LogP contribution in [0, 0.1) is 6.92 Å². The van der Waals surface area contributed by atoms with Gasteiger partial charge in [-0.15, -0.1) is 11.8 Å². The number of hydrogen-bond donors (Lipinski definition) is 3. The molecule has 0 aliphatic carbocycles. The Morgan fingerprint density at radius 1 is 1.08 bits per heavy atom. The van der Waals surface area contributed by atoms with Gasteiger partial charge in [-0.25, -0.2) is 0 Å². The van der Waals surface area contributed by atoms with Gasteiger partial charge >= 0.3 is 0 Å². The van der Waals surface area contributed by atoms with E-state index in [1.807, 2.05) is 31.2 Å². The minimum atomic E-state index is -0.0726. The van der Waals surface area contributed by atoms with E-state index in [1.165, 1.54) is 24.6 Å². The van der Waals surface area contributed by atoms with E-state index < -0.39 is 0 Å². The number of carbonyl (C=O) groups is 2. The molecule has 2 bridgehead atoms. The second kappa shape index (κ2) is 8.03. The molecule has 2 aliphatic rings. The molecule has 2 aliphatic heterocycles. The lowest BCUT2D eigenvalue weighted by Gasteiger charge is -2.29. The van der Waals surface area contributed by atoms with E-state index in [2.05, 4.69) is 16.0 Å². The maximum absolute atomic E-state index is 12.0. The van der Waals surface area contributed by atoms with Crippen molar-refractivity contribution >= 4 is 29.3 Å². The molecule has 2 heterocycles. The molecule has 24 heavy (non-hydrogen) atoms. The smallest absolute Gasteiger partial charge is 0.234 e. The van der Waals surface area contributed by atoms with E-state index in [4.69, 9.17) is 0 Å². The van der Waals surface area contributed by atoms with E-state index in [-0.39, 0.29) is 11.8 Å². The van der Waals surface area contributed by atoms with Gasteiger partial charge in [0.15, 0.2) is 0 Å². The van der Waals surface area contributed by atoms with Crippen LogP contribution in [-0.2, 0) is 9.59 Å². The van der Waals surface area contributed by atoms with Crippen molar-refractivity contribution in [1.29, 1.82) is 0 Å². The molecule has 2 amide bonds. The second-order valence-electron chi connectivity index (χ2n) is 6.78. The van der Waals surface area contributed by atoms with Gasteiger partial charge in [-0.1, -0.05) is 17.7 Å². The minimum Gasteiger partial charge on any atom is -0.353 e. The average Bonchev–Trinajstić information content (AvgIpc) is 2.88. The fourth-order valence-electron chi connectivity index (χ4n) is 3.51. The van der Waals surface area contributed by atoms with E-state index in [0.29, 0.717) is 29.6 Å². The largest absolute Gasteiger partial charge is 0.353 e. The molecule has 1 aromatic rings. The van der Waals surface area contributed by atoms with E-state index in [0.717, 1.165) is 24.1 Å². The monoisotopic (exact) mass is 347 g/mol. The van der Waals surface area contributed by atoms with Crippen LogP contribution in [0.5, 0.6) is 0 Å². The maximum atomic E-state index is 12.0. The van der Waals surface area contributed by atoms with Crippen LogP contribution in [0.15, 0.2) is 24.3 Å². The SMILES string of the molecule is Cc1ccc(NC(=O)CSCC(=O)NC2CC3CCC(C2)N3)cc1. The van der Waals surface area contributed by atoms with Crippen LogP contribution in [0.2, 0.25) is 0 Å². The molecule has 0 saturated carbocycles. The summed E-state index contributed by atoms with van der Waals surface area (Å²) in [6.07, 6.45) is 4.51. The number of nitrogens with one attached hydrogen (secondary N) is 3. The number of thioether (sulfide) groups is 1. The molecule has 2 unspecified atom stereocenters. The summed E-state index contributed by atoms with van der Waals surface area (Å²) >= 11 is 1.36. The second-order valence-corrected chi connectivity index (χ2v) is 7.77. The molecule has 130 valence electrons. The quantitative estimate of drug-likeness (QED) is 0.737. The summed E-state index contributed by atoms with van der Waals surface area (Å²) in [6, 6.07) is 9.12. The fourth-order valence-corrected chi connectivity index (χ4v) is 4.14. The Balaban J connectivity index is 1.33. The summed E-state index contributed by atoms with van der Waals surface area (Å²) in [5.74, 6) is 0.588. The number of piperidine rings is 1. The first-order valence-corrected chi connectivity index (χ1v) is 9.73. The lowest BCUT2D eigenvalue weighted by atomic mass is 10.00. The molecule has 2 atom stereocenters. The van der Waals surface area contributed by atoms with Crippen molar-refractivity contribution in [2.75, 3.05) is 16.8 Å². The number of anilines is 1. The van der Waals surface area contributed by atoms with Gasteiger partial charge < -0.3 is 16.0 Å². The molecule has 3 N–H and O–H groups in total. The van der Waals surface area contributed by atoms with Crippen LogP contribution >= 0.6 is 11.8 Å². The highest BCUT2D eigenvalue weighted by molar-refractivity contribution is 8.00. The Bertz CT molecular complexity index is 578. The van der Waals surface area contributed by atoms with Gasteiger partial charge in [0.2, 0.25) is 11.8 Å². The number of amides is 2. The summed E-state index contributed by atoms with van der Waals surface area (Å²) in [5, 5.41) is 9.53.